The summed E-state index contributed by atoms with van der Waals surface area (Å²) in [6.45, 7) is 4.17. The molecule has 2 saturated heterocycles. The lowest BCUT2D eigenvalue weighted by molar-refractivity contribution is -0.122. The Bertz CT molecular complexity index is 1720. The average molecular weight is 705 g/mol. The fourth-order valence-electron chi connectivity index (χ4n) is 4.83. The zero-order valence-electron chi connectivity index (χ0n) is 24.3. The molecule has 2 aliphatic rings. The maximum Gasteiger partial charge on any atom is 0.338 e. The number of halogens is 3. The van der Waals surface area contributed by atoms with Crippen LogP contribution in [0.2, 0.25) is 10.0 Å². The summed E-state index contributed by atoms with van der Waals surface area (Å²) in [5.41, 5.74) is 1.80. The van der Waals surface area contributed by atoms with Crippen LogP contribution in [0.1, 0.15) is 22.3 Å². The Morgan fingerprint density at radius 1 is 1.09 bits per heavy atom. The highest BCUT2D eigenvalue weighted by Crippen LogP contribution is 2.37. The molecule has 0 aromatic heterocycles. The van der Waals surface area contributed by atoms with Crippen LogP contribution < -0.4 is 10.1 Å². The van der Waals surface area contributed by atoms with Crippen LogP contribution in [0, 0.1) is 5.82 Å². The average Bonchev–Trinajstić information content (AvgIpc) is 3.28. The van der Waals surface area contributed by atoms with Gasteiger partial charge in [0.25, 0.3) is 5.91 Å². The molecule has 9 nitrogen and oxygen atoms in total. The van der Waals surface area contributed by atoms with E-state index < -0.39 is 23.3 Å². The SMILES string of the molecule is O=C(CCN1C(=O)C(=Cc2cc(-c3ccc(Cl)cc3Cl)ccc2OCCN2CCOCC2)SC1=S)Nc1ccc(C(=O)O)c(F)c1. The first-order valence-corrected chi connectivity index (χ1v) is 16.2. The molecule has 2 fully saturated rings. The molecule has 2 aliphatic heterocycles. The summed E-state index contributed by atoms with van der Waals surface area (Å²) in [6.07, 6.45) is 1.59. The second-order valence-corrected chi connectivity index (χ2v) is 12.8. The van der Waals surface area contributed by atoms with E-state index in [9.17, 15) is 18.8 Å². The van der Waals surface area contributed by atoms with Gasteiger partial charge in [-0.2, -0.15) is 0 Å². The van der Waals surface area contributed by atoms with Gasteiger partial charge in [0, 0.05) is 59.5 Å². The molecule has 0 radical (unpaired) electrons. The number of ether oxygens (including phenoxy) is 2. The first kappa shape index (κ1) is 33.8. The van der Waals surface area contributed by atoms with E-state index in [1.165, 1.54) is 11.0 Å². The lowest BCUT2D eigenvalue weighted by Gasteiger charge is -2.26. The molecule has 2 heterocycles. The molecule has 0 atom stereocenters. The van der Waals surface area contributed by atoms with Crippen LogP contribution in [0.25, 0.3) is 17.2 Å². The van der Waals surface area contributed by atoms with Gasteiger partial charge in [0.05, 0.1) is 23.7 Å². The van der Waals surface area contributed by atoms with Crippen molar-refractivity contribution in [3.05, 3.63) is 86.5 Å². The molecular formula is C32H28Cl2FN3O6S2. The van der Waals surface area contributed by atoms with E-state index in [0.29, 0.717) is 52.6 Å². The van der Waals surface area contributed by atoms with E-state index in [-0.39, 0.29) is 28.9 Å². The Hall–Kier alpha value is -3.52. The van der Waals surface area contributed by atoms with Crippen LogP contribution in [0.3, 0.4) is 0 Å². The molecule has 0 saturated carbocycles. The van der Waals surface area contributed by atoms with Crippen LogP contribution in [0.15, 0.2) is 59.5 Å². The summed E-state index contributed by atoms with van der Waals surface area (Å²) in [5, 5.41) is 12.5. The molecule has 0 spiro atoms. The van der Waals surface area contributed by atoms with Gasteiger partial charge in [-0.3, -0.25) is 19.4 Å². The predicted octanol–water partition coefficient (Wildman–Crippen LogP) is 6.44. The van der Waals surface area contributed by atoms with E-state index in [2.05, 4.69) is 10.2 Å². The molecule has 5 rings (SSSR count). The van der Waals surface area contributed by atoms with Crippen molar-refractivity contribution in [1.29, 1.82) is 0 Å². The van der Waals surface area contributed by atoms with Gasteiger partial charge >= 0.3 is 5.97 Å². The molecule has 14 heteroatoms. The summed E-state index contributed by atoms with van der Waals surface area (Å²) < 4.78 is 25.9. The van der Waals surface area contributed by atoms with Crippen molar-refractivity contribution >= 4 is 81.0 Å². The first-order chi connectivity index (χ1) is 22.1. The third kappa shape index (κ3) is 8.44. The second-order valence-electron chi connectivity index (χ2n) is 10.3. The lowest BCUT2D eigenvalue weighted by atomic mass is 10.0. The Morgan fingerprint density at radius 3 is 2.59 bits per heavy atom. The number of amides is 2. The van der Waals surface area contributed by atoms with Crippen LogP contribution >= 0.6 is 47.2 Å². The van der Waals surface area contributed by atoms with Gasteiger partial charge in [0.2, 0.25) is 5.91 Å². The van der Waals surface area contributed by atoms with Crippen molar-refractivity contribution in [3.8, 4) is 16.9 Å². The number of benzene rings is 3. The highest BCUT2D eigenvalue weighted by molar-refractivity contribution is 8.26. The number of nitrogens with zero attached hydrogens (tertiary/aromatic N) is 2. The highest BCUT2D eigenvalue weighted by atomic mass is 35.5. The molecular weight excluding hydrogens is 676 g/mol. The molecule has 240 valence electrons. The normalized spacial score (nSPS) is 16.2. The van der Waals surface area contributed by atoms with Gasteiger partial charge < -0.3 is 19.9 Å². The number of carbonyl (C=O) groups excluding carboxylic acids is 2. The molecule has 0 aliphatic carbocycles. The fourth-order valence-corrected chi connectivity index (χ4v) is 6.65. The van der Waals surface area contributed by atoms with Crippen molar-refractivity contribution in [3.63, 3.8) is 0 Å². The van der Waals surface area contributed by atoms with Gasteiger partial charge in [-0.15, -0.1) is 0 Å². The lowest BCUT2D eigenvalue weighted by Crippen LogP contribution is -2.38. The molecule has 0 bridgehead atoms. The highest BCUT2D eigenvalue weighted by Gasteiger charge is 2.32. The van der Waals surface area contributed by atoms with Gasteiger partial charge in [0.1, 0.15) is 22.5 Å². The Balaban J connectivity index is 1.31. The second kappa shape index (κ2) is 15.4. The number of carboxylic acids is 1. The van der Waals surface area contributed by atoms with Crippen molar-refractivity contribution < 1.29 is 33.4 Å². The van der Waals surface area contributed by atoms with Crippen LogP contribution in [0.5, 0.6) is 5.75 Å². The topological polar surface area (TPSA) is 108 Å². The summed E-state index contributed by atoms with van der Waals surface area (Å²) >= 11 is 19.2. The van der Waals surface area contributed by atoms with E-state index >= 15 is 0 Å². The standard InChI is InChI=1S/C32H28Cl2FN3O6S2/c33-21-2-4-23(25(34)17-21)19-1-6-27(44-14-11-37-9-12-43-13-10-37)20(15-19)16-28-30(40)38(32(45)46-28)8-7-29(39)36-22-3-5-24(31(41)42)26(35)18-22/h1-6,15-18H,7-14H2,(H,36,39)(H,41,42). The monoisotopic (exact) mass is 703 g/mol. The number of anilines is 1. The van der Waals surface area contributed by atoms with Gasteiger partial charge in [-0.05, 0) is 54.1 Å². The maximum absolute atomic E-state index is 14.0. The van der Waals surface area contributed by atoms with Crippen molar-refractivity contribution in [2.24, 2.45) is 0 Å². The summed E-state index contributed by atoms with van der Waals surface area (Å²) in [7, 11) is 0. The summed E-state index contributed by atoms with van der Waals surface area (Å²) in [5.74, 6) is -2.67. The van der Waals surface area contributed by atoms with Crippen LogP contribution in [0.4, 0.5) is 10.1 Å². The van der Waals surface area contributed by atoms with Crippen LogP contribution in [-0.4, -0.2) is 83.0 Å². The minimum Gasteiger partial charge on any atom is -0.492 e. The van der Waals surface area contributed by atoms with E-state index in [0.717, 1.165) is 48.1 Å². The van der Waals surface area contributed by atoms with Crippen molar-refractivity contribution in [2.75, 3.05) is 51.3 Å². The van der Waals surface area contributed by atoms with Gasteiger partial charge in [-0.1, -0.05) is 59.3 Å². The van der Waals surface area contributed by atoms with Crippen LogP contribution in [-0.2, 0) is 14.3 Å². The number of morpholine rings is 1. The molecule has 3 aromatic rings. The number of carboxylic acid groups (broad SMARTS) is 1. The number of thioether (sulfide) groups is 1. The van der Waals surface area contributed by atoms with Gasteiger partial charge in [0.15, 0.2) is 0 Å². The largest absolute Gasteiger partial charge is 0.492 e. The number of carbonyl (C=O) groups is 3. The minimum absolute atomic E-state index is 0.00708. The first-order valence-electron chi connectivity index (χ1n) is 14.2. The number of hydrogen-bond donors (Lipinski definition) is 2. The molecule has 2 amide bonds. The Morgan fingerprint density at radius 2 is 1.87 bits per heavy atom. The quantitative estimate of drug-likeness (QED) is 0.172. The number of hydrogen-bond acceptors (Lipinski definition) is 8. The molecule has 46 heavy (non-hydrogen) atoms. The van der Waals surface area contributed by atoms with Crippen molar-refractivity contribution in [1.82, 2.24) is 9.80 Å². The third-order valence-corrected chi connectivity index (χ3v) is 9.15. The molecule has 0 unspecified atom stereocenters. The Kier molecular flexibility index (Phi) is 11.3. The number of rotatable bonds is 11. The number of nitrogens with one attached hydrogen (secondary N) is 1. The number of thiocarbonyl (C=S) groups is 1. The van der Waals surface area contributed by atoms with Crippen molar-refractivity contribution in [2.45, 2.75) is 6.42 Å². The zero-order chi connectivity index (χ0) is 32.8. The third-order valence-electron chi connectivity index (χ3n) is 7.23. The van der Waals surface area contributed by atoms with E-state index in [1.807, 2.05) is 24.3 Å². The summed E-state index contributed by atoms with van der Waals surface area (Å²) in [6, 6.07) is 14.1. The Labute approximate surface area is 284 Å². The maximum atomic E-state index is 14.0. The zero-order valence-corrected chi connectivity index (χ0v) is 27.4. The predicted molar refractivity (Wildman–Crippen MR) is 181 cm³/mol. The van der Waals surface area contributed by atoms with E-state index in [1.54, 1.807) is 18.2 Å². The van der Waals surface area contributed by atoms with Gasteiger partial charge in [-0.25, -0.2) is 9.18 Å². The molecule has 3 aromatic carbocycles. The number of aromatic carboxylic acids is 1. The van der Waals surface area contributed by atoms with E-state index in [4.69, 9.17) is 50.0 Å². The smallest absolute Gasteiger partial charge is 0.338 e. The minimum atomic E-state index is -1.41. The summed E-state index contributed by atoms with van der Waals surface area (Å²) in [4.78, 5) is 41.0. The molecule has 2 N–H and O–H groups in total. The fraction of sp³-hybridized carbons (Fsp3) is 0.250.